The molecule has 0 radical (unpaired) electrons. The molecule has 3 heterocycles. The summed E-state index contributed by atoms with van der Waals surface area (Å²) in [5.74, 6) is -1.49. The van der Waals surface area contributed by atoms with E-state index >= 15 is 0 Å². The lowest BCUT2D eigenvalue weighted by Gasteiger charge is -2.29. The van der Waals surface area contributed by atoms with Gasteiger partial charge in [-0.05, 0) is 54.7 Å². The number of rotatable bonds is 6. The molecule has 0 spiro atoms. The number of fused-ring (bicyclic) bond motifs is 1. The number of carbonyl (C=O) groups excluding carboxylic acids is 1. The van der Waals surface area contributed by atoms with Gasteiger partial charge in [-0.1, -0.05) is 11.6 Å². The second-order valence-corrected chi connectivity index (χ2v) is 8.96. The van der Waals surface area contributed by atoms with Crippen molar-refractivity contribution in [2.75, 3.05) is 11.9 Å². The van der Waals surface area contributed by atoms with Crippen LogP contribution in [0.3, 0.4) is 0 Å². The summed E-state index contributed by atoms with van der Waals surface area (Å²) in [6, 6.07) is 6.14. The van der Waals surface area contributed by atoms with Gasteiger partial charge >= 0.3 is 0 Å². The van der Waals surface area contributed by atoms with Gasteiger partial charge in [0.15, 0.2) is 11.6 Å². The van der Waals surface area contributed by atoms with Crippen molar-refractivity contribution in [2.45, 2.75) is 45.0 Å². The smallest absolute Gasteiger partial charge is 0.270 e. The molecule has 0 bridgehead atoms. The first-order valence-electron chi connectivity index (χ1n) is 10.9. The Bertz CT molecular complexity index is 1230. The lowest BCUT2D eigenvalue weighted by atomic mass is 9.93. The Hall–Kier alpha value is -2.97. The number of aliphatic hydroxyl groups is 1. The molecular weight excluding hydrogens is 450 g/mol. The Balaban J connectivity index is 1.40. The van der Waals surface area contributed by atoms with Gasteiger partial charge in [0.2, 0.25) is 0 Å². The molecule has 2 aliphatic rings. The number of pyridine rings is 1. The minimum atomic E-state index is -1.02. The van der Waals surface area contributed by atoms with Crippen LogP contribution in [0.4, 0.5) is 14.6 Å². The summed E-state index contributed by atoms with van der Waals surface area (Å²) >= 11 is 6.43. The van der Waals surface area contributed by atoms with E-state index in [2.05, 4.69) is 10.3 Å². The number of aliphatic hydroxyl groups excluding tert-OH is 1. The fraction of sp³-hybridized carbons (Fsp3) is 0.333. The third kappa shape index (κ3) is 4.20. The maximum atomic E-state index is 13.8. The molecular formula is C24H23ClF2N4O2. The number of aromatic nitrogens is 2. The van der Waals surface area contributed by atoms with Crippen molar-refractivity contribution in [3.63, 3.8) is 0 Å². The molecule has 33 heavy (non-hydrogen) atoms. The number of carbonyl (C=O) groups is 1. The summed E-state index contributed by atoms with van der Waals surface area (Å²) in [6.45, 7) is 0.599. The van der Waals surface area contributed by atoms with Crippen LogP contribution in [0.2, 0.25) is 5.02 Å². The zero-order chi connectivity index (χ0) is 23.1. The van der Waals surface area contributed by atoms with Crippen LogP contribution in [0.1, 0.15) is 40.9 Å². The van der Waals surface area contributed by atoms with Gasteiger partial charge in [-0.2, -0.15) is 0 Å². The third-order valence-corrected chi connectivity index (χ3v) is 6.71. The summed E-state index contributed by atoms with van der Waals surface area (Å²) in [6.07, 6.45) is 6.98. The molecule has 0 saturated heterocycles. The van der Waals surface area contributed by atoms with E-state index < -0.39 is 18.2 Å². The highest BCUT2D eigenvalue weighted by Crippen LogP contribution is 2.33. The number of benzene rings is 1. The fourth-order valence-electron chi connectivity index (χ4n) is 4.29. The molecule has 3 aromatic rings. The average molecular weight is 473 g/mol. The molecule has 2 aromatic heterocycles. The highest BCUT2D eigenvalue weighted by molar-refractivity contribution is 6.33. The molecule has 1 fully saturated rings. The van der Waals surface area contributed by atoms with Crippen molar-refractivity contribution in [3.05, 3.63) is 70.1 Å². The minimum absolute atomic E-state index is 0.0813. The topological polar surface area (TPSA) is 70.4 Å². The standard InChI is InChI=1S/C24H23ClF2N4O2/c25-19-10-28-23(29-17-2-1-3-17)9-18(19)15-8-22-24(33)31(5-4-30(22)12-15)11-14-6-20(26)21(27)7-16(14)13-32/h6-10,12,17,32H,1-5,11,13H2,(H,28,29). The van der Waals surface area contributed by atoms with Gasteiger partial charge in [-0.15, -0.1) is 0 Å². The van der Waals surface area contributed by atoms with Gasteiger partial charge in [0, 0.05) is 49.2 Å². The first-order chi connectivity index (χ1) is 15.9. The highest BCUT2D eigenvalue weighted by atomic mass is 35.5. The van der Waals surface area contributed by atoms with Crippen LogP contribution in [0, 0.1) is 11.6 Å². The quantitative estimate of drug-likeness (QED) is 0.550. The molecule has 1 amide bonds. The molecule has 2 N–H and O–H groups in total. The van der Waals surface area contributed by atoms with Gasteiger partial charge in [0.05, 0.1) is 11.6 Å². The van der Waals surface area contributed by atoms with E-state index in [-0.39, 0.29) is 18.0 Å². The van der Waals surface area contributed by atoms with Crippen LogP contribution < -0.4 is 5.32 Å². The lowest BCUT2D eigenvalue weighted by molar-refractivity contribution is 0.0689. The van der Waals surface area contributed by atoms with Gasteiger partial charge in [-0.3, -0.25) is 4.79 Å². The van der Waals surface area contributed by atoms with Crippen LogP contribution in [-0.4, -0.2) is 38.1 Å². The Morgan fingerprint density at radius 3 is 2.58 bits per heavy atom. The molecule has 9 heteroatoms. The highest BCUT2D eigenvalue weighted by Gasteiger charge is 2.27. The van der Waals surface area contributed by atoms with Crippen molar-refractivity contribution < 1.29 is 18.7 Å². The van der Waals surface area contributed by atoms with E-state index in [0.717, 1.165) is 41.9 Å². The number of halogens is 3. The van der Waals surface area contributed by atoms with Crippen molar-refractivity contribution in [3.8, 4) is 11.1 Å². The van der Waals surface area contributed by atoms with Crippen molar-refractivity contribution in [2.24, 2.45) is 0 Å². The maximum absolute atomic E-state index is 13.8. The first-order valence-corrected chi connectivity index (χ1v) is 11.3. The predicted octanol–water partition coefficient (Wildman–Crippen LogP) is 4.59. The fourth-order valence-corrected chi connectivity index (χ4v) is 4.51. The van der Waals surface area contributed by atoms with Crippen LogP contribution in [-0.2, 0) is 19.7 Å². The third-order valence-electron chi connectivity index (χ3n) is 6.41. The molecule has 6 nitrogen and oxygen atoms in total. The normalized spacial score (nSPS) is 16.0. The summed E-state index contributed by atoms with van der Waals surface area (Å²) in [5.41, 5.74) is 2.74. The minimum Gasteiger partial charge on any atom is -0.392 e. The van der Waals surface area contributed by atoms with Crippen LogP contribution >= 0.6 is 11.6 Å². The summed E-state index contributed by atoms with van der Waals surface area (Å²) < 4.78 is 29.2. The summed E-state index contributed by atoms with van der Waals surface area (Å²) in [7, 11) is 0. The predicted molar refractivity (Wildman–Crippen MR) is 121 cm³/mol. The summed E-state index contributed by atoms with van der Waals surface area (Å²) in [4.78, 5) is 19.1. The molecule has 172 valence electrons. The molecule has 5 rings (SSSR count). The second kappa shape index (κ2) is 8.76. The number of nitrogens with zero attached hydrogens (tertiary/aromatic N) is 3. The zero-order valence-electron chi connectivity index (χ0n) is 17.8. The second-order valence-electron chi connectivity index (χ2n) is 8.55. The van der Waals surface area contributed by atoms with E-state index in [0.29, 0.717) is 35.4 Å². The van der Waals surface area contributed by atoms with Crippen molar-refractivity contribution in [1.82, 2.24) is 14.5 Å². The molecule has 1 aliphatic carbocycles. The molecule has 1 saturated carbocycles. The zero-order valence-corrected chi connectivity index (χ0v) is 18.6. The number of amides is 1. The number of hydrogen-bond donors (Lipinski definition) is 2. The number of anilines is 1. The monoisotopic (exact) mass is 472 g/mol. The van der Waals surface area contributed by atoms with E-state index in [1.54, 1.807) is 17.2 Å². The number of nitrogens with one attached hydrogen (secondary N) is 1. The molecule has 1 aromatic carbocycles. The van der Waals surface area contributed by atoms with Crippen LogP contribution in [0.15, 0.2) is 36.7 Å². The van der Waals surface area contributed by atoms with Gasteiger partial charge in [0.1, 0.15) is 11.5 Å². The van der Waals surface area contributed by atoms with Gasteiger partial charge in [-0.25, -0.2) is 13.8 Å². The average Bonchev–Trinajstić information content (AvgIpc) is 3.21. The van der Waals surface area contributed by atoms with Crippen molar-refractivity contribution >= 4 is 23.3 Å². The van der Waals surface area contributed by atoms with Crippen molar-refractivity contribution in [1.29, 1.82) is 0 Å². The maximum Gasteiger partial charge on any atom is 0.270 e. The van der Waals surface area contributed by atoms with Gasteiger partial charge < -0.3 is 19.9 Å². The Morgan fingerprint density at radius 1 is 1.12 bits per heavy atom. The molecule has 0 atom stereocenters. The molecule has 1 aliphatic heterocycles. The van der Waals surface area contributed by atoms with E-state index in [1.165, 1.54) is 6.42 Å². The first kappa shape index (κ1) is 21.9. The van der Waals surface area contributed by atoms with E-state index in [4.69, 9.17) is 11.6 Å². The van der Waals surface area contributed by atoms with Gasteiger partial charge in [0.25, 0.3) is 5.91 Å². The van der Waals surface area contributed by atoms with E-state index in [9.17, 15) is 18.7 Å². The Morgan fingerprint density at radius 2 is 1.88 bits per heavy atom. The molecule has 0 unspecified atom stereocenters. The van der Waals surface area contributed by atoms with Crippen LogP contribution in [0.25, 0.3) is 11.1 Å². The SMILES string of the molecule is O=C1c2cc(-c3cc(NC4CCC4)ncc3Cl)cn2CCN1Cc1cc(F)c(F)cc1CO. The van der Waals surface area contributed by atoms with Crippen LogP contribution in [0.5, 0.6) is 0 Å². The Labute approximate surface area is 194 Å². The number of hydrogen-bond acceptors (Lipinski definition) is 4. The van der Waals surface area contributed by atoms with E-state index in [1.807, 2.05) is 16.8 Å². The Kier molecular flexibility index (Phi) is 5.80. The largest absolute Gasteiger partial charge is 0.392 e. The lowest BCUT2D eigenvalue weighted by Crippen LogP contribution is -2.39. The summed E-state index contributed by atoms with van der Waals surface area (Å²) in [5, 5.41) is 13.4.